The molecule has 0 bridgehead atoms. The Morgan fingerprint density at radius 1 is 0.714 bits per heavy atom. The summed E-state index contributed by atoms with van der Waals surface area (Å²) in [5, 5.41) is 24.6. The minimum Gasteiger partial charge on any atom is -0.507 e. The molecule has 0 saturated carbocycles. The first-order valence-electron chi connectivity index (χ1n) is 11.5. The Labute approximate surface area is 203 Å². The van der Waals surface area contributed by atoms with Gasteiger partial charge in [0.05, 0.1) is 0 Å². The zero-order valence-electron chi connectivity index (χ0n) is 20.0. The largest absolute Gasteiger partial charge is 0.507 e. The molecule has 0 radical (unpaired) electrons. The molecule has 5 rings (SSSR count). The lowest BCUT2D eigenvalue weighted by molar-refractivity contribution is -0.118. The summed E-state index contributed by atoms with van der Waals surface area (Å²) in [5.41, 5.74) is 4.90. The second-order valence-electron chi connectivity index (χ2n) is 9.32. The highest BCUT2D eigenvalue weighted by molar-refractivity contribution is 6.13. The second kappa shape index (κ2) is 7.98. The number of phenolic OH excluding ortho intramolecular Hbond substituents is 2. The predicted molar refractivity (Wildman–Crippen MR) is 136 cm³/mol. The smallest absolute Gasteiger partial charge is 0.244 e. The Balaban J connectivity index is 1.97. The second-order valence-corrected chi connectivity index (χ2v) is 9.32. The molecule has 0 aromatic heterocycles. The van der Waals surface area contributed by atoms with E-state index in [4.69, 9.17) is 0 Å². The van der Waals surface area contributed by atoms with Gasteiger partial charge in [-0.3, -0.25) is 4.79 Å². The lowest BCUT2D eigenvalue weighted by Gasteiger charge is -2.33. The Kier molecular flexibility index (Phi) is 5.17. The van der Waals surface area contributed by atoms with Crippen LogP contribution in [0.25, 0.3) is 11.1 Å². The zero-order valence-corrected chi connectivity index (χ0v) is 20.0. The van der Waals surface area contributed by atoms with Crippen molar-refractivity contribution in [2.45, 2.75) is 33.1 Å². The summed E-state index contributed by atoms with van der Waals surface area (Å²) < 4.78 is 14.8. The highest BCUT2D eigenvalue weighted by Crippen LogP contribution is 2.53. The lowest BCUT2D eigenvalue weighted by Crippen LogP contribution is -2.38. The molecular weight excluding hydrogens is 441 g/mol. The van der Waals surface area contributed by atoms with Crippen molar-refractivity contribution in [1.82, 2.24) is 0 Å². The number of amides is 1. The maximum absolute atomic E-state index is 14.8. The predicted octanol–water partition coefficient (Wildman–Crippen LogP) is 6.42. The van der Waals surface area contributed by atoms with E-state index in [0.29, 0.717) is 33.5 Å². The number of benzene rings is 4. The molecule has 1 atom stereocenters. The Hall–Kier alpha value is -4.12. The number of carbonyl (C=O) groups is 1. The molecule has 3 N–H and O–H groups in total. The normalized spacial score (nSPS) is 16.8. The molecule has 0 aliphatic carbocycles. The molecule has 1 aliphatic heterocycles. The van der Waals surface area contributed by atoms with Crippen LogP contribution in [0.15, 0.2) is 66.7 Å². The van der Waals surface area contributed by atoms with Crippen LogP contribution < -0.4 is 5.32 Å². The van der Waals surface area contributed by atoms with E-state index < -0.39 is 11.2 Å². The van der Waals surface area contributed by atoms with Gasteiger partial charge in [-0.1, -0.05) is 36.4 Å². The van der Waals surface area contributed by atoms with Gasteiger partial charge in [0.1, 0.15) is 22.7 Å². The molecule has 1 amide bonds. The van der Waals surface area contributed by atoms with Gasteiger partial charge in [-0.2, -0.15) is 0 Å². The third kappa shape index (κ3) is 3.22. The van der Waals surface area contributed by atoms with Crippen molar-refractivity contribution in [2.75, 3.05) is 5.32 Å². The van der Waals surface area contributed by atoms with E-state index in [2.05, 4.69) is 5.32 Å². The van der Waals surface area contributed by atoms with Crippen molar-refractivity contribution in [1.29, 1.82) is 0 Å². The number of para-hydroxylation sites is 1. The first-order valence-corrected chi connectivity index (χ1v) is 11.5. The van der Waals surface area contributed by atoms with E-state index in [1.807, 2.05) is 75.4 Å². The van der Waals surface area contributed by atoms with E-state index in [1.165, 1.54) is 12.1 Å². The number of halogens is 1. The first-order chi connectivity index (χ1) is 16.7. The molecule has 4 aromatic carbocycles. The van der Waals surface area contributed by atoms with Crippen LogP contribution >= 0.6 is 0 Å². The SMILES string of the molecule is Cc1cc(-c2c(C)cccc2C2(c3cc(F)cc(C)c3O)C(=O)Nc3ccccc32)cc(C)c1O. The number of aromatic hydroxyl groups is 2. The van der Waals surface area contributed by atoms with Crippen LogP contribution in [-0.4, -0.2) is 16.1 Å². The fraction of sp³-hybridized carbons (Fsp3) is 0.167. The maximum Gasteiger partial charge on any atom is 0.244 e. The zero-order chi connectivity index (χ0) is 25.1. The summed E-state index contributed by atoms with van der Waals surface area (Å²) in [4.78, 5) is 14.0. The highest BCUT2D eigenvalue weighted by atomic mass is 19.1. The summed E-state index contributed by atoms with van der Waals surface area (Å²) >= 11 is 0. The van der Waals surface area contributed by atoms with Crippen LogP contribution in [-0.2, 0) is 10.2 Å². The summed E-state index contributed by atoms with van der Waals surface area (Å²) in [6.07, 6.45) is 0. The van der Waals surface area contributed by atoms with Crippen molar-refractivity contribution in [3.05, 3.63) is 111 Å². The van der Waals surface area contributed by atoms with Gasteiger partial charge in [-0.05, 0) is 97.0 Å². The van der Waals surface area contributed by atoms with Crippen molar-refractivity contribution in [2.24, 2.45) is 0 Å². The van der Waals surface area contributed by atoms with Gasteiger partial charge in [-0.25, -0.2) is 4.39 Å². The topological polar surface area (TPSA) is 69.6 Å². The monoisotopic (exact) mass is 467 g/mol. The molecule has 1 aliphatic rings. The number of nitrogens with one attached hydrogen (secondary N) is 1. The first kappa shape index (κ1) is 22.7. The van der Waals surface area contributed by atoms with Crippen molar-refractivity contribution in [3.63, 3.8) is 0 Å². The van der Waals surface area contributed by atoms with Crippen LogP contribution in [0.5, 0.6) is 11.5 Å². The van der Waals surface area contributed by atoms with Crippen LogP contribution in [0.2, 0.25) is 0 Å². The van der Waals surface area contributed by atoms with E-state index in [1.54, 1.807) is 6.92 Å². The van der Waals surface area contributed by atoms with Crippen molar-refractivity contribution in [3.8, 4) is 22.6 Å². The van der Waals surface area contributed by atoms with Gasteiger partial charge in [-0.15, -0.1) is 0 Å². The number of hydrogen-bond acceptors (Lipinski definition) is 3. The molecule has 35 heavy (non-hydrogen) atoms. The quantitative estimate of drug-likeness (QED) is 0.325. The molecule has 0 fully saturated rings. The van der Waals surface area contributed by atoms with Gasteiger partial charge < -0.3 is 15.5 Å². The summed E-state index contributed by atoms with van der Waals surface area (Å²) in [6.45, 7) is 7.25. The molecule has 0 spiro atoms. The van der Waals surface area contributed by atoms with Crippen LogP contribution in [0.1, 0.15) is 38.9 Å². The molecule has 0 saturated heterocycles. The third-order valence-electron chi connectivity index (χ3n) is 7.05. The van der Waals surface area contributed by atoms with E-state index in [0.717, 1.165) is 16.7 Å². The average Bonchev–Trinajstić information content (AvgIpc) is 3.11. The molecule has 1 heterocycles. The van der Waals surface area contributed by atoms with Crippen LogP contribution in [0.3, 0.4) is 0 Å². The molecule has 1 unspecified atom stereocenters. The molecule has 4 aromatic rings. The number of anilines is 1. The van der Waals surface area contributed by atoms with E-state index in [-0.39, 0.29) is 23.0 Å². The Morgan fingerprint density at radius 3 is 2.06 bits per heavy atom. The number of hydrogen-bond donors (Lipinski definition) is 3. The highest BCUT2D eigenvalue weighted by Gasteiger charge is 2.52. The van der Waals surface area contributed by atoms with Crippen molar-refractivity contribution < 1.29 is 19.4 Å². The summed E-state index contributed by atoms with van der Waals surface area (Å²) in [6, 6.07) is 19.3. The minimum atomic E-state index is -1.49. The Morgan fingerprint density at radius 2 is 1.34 bits per heavy atom. The van der Waals surface area contributed by atoms with E-state index in [9.17, 15) is 19.4 Å². The molecule has 5 heteroatoms. The number of carbonyl (C=O) groups excluding carboxylic acids is 1. The number of phenols is 2. The van der Waals surface area contributed by atoms with Crippen LogP contribution in [0.4, 0.5) is 10.1 Å². The number of fused-ring (bicyclic) bond motifs is 1. The van der Waals surface area contributed by atoms with Crippen LogP contribution in [0, 0.1) is 33.5 Å². The Bertz CT molecular complexity index is 1500. The summed E-state index contributed by atoms with van der Waals surface area (Å²) in [7, 11) is 0. The van der Waals surface area contributed by atoms with Crippen molar-refractivity contribution >= 4 is 11.6 Å². The number of rotatable bonds is 3. The fourth-order valence-corrected chi connectivity index (χ4v) is 5.42. The van der Waals surface area contributed by atoms with E-state index >= 15 is 0 Å². The van der Waals surface area contributed by atoms with Gasteiger partial charge in [0, 0.05) is 16.8 Å². The van der Waals surface area contributed by atoms with Gasteiger partial charge in [0.2, 0.25) is 5.91 Å². The summed E-state index contributed by atoms with van der Waals surface area (Å²) in [5.74, 6) is -0.791. The van der Waals surface area contributed by atoms with Gasteiger partial charge in [0.15, 0.2) is 0 Å². The molecular formula is C30H26FNO3. The lowest BCUT2D eigenvalue weighted by atomic mass is 9.67. The molecule has 176 valence electrons. The average molecular weight is 468 g/mol. The minimum absolute atomic E-state index is 0.122. The third-order valence-corrected chi connectivity index (χ3v) is 7.05. The number of aryl methyl sites for hydroxylation is 4. The standard InChI is InChI=1S/C30H26FNO3/c1-16-8-7-10-23(26(16)20-12-17(2)27(33)18(3)13-20)30(24-15-21(31)14-19(4)28(24)34)22-9-5-6-11-25(22)32-29(30)35/h5-15,33-34H,1-4H3,(H,32,35). The maximum atomic E-state index is 14.8. The molecule has 4 nitrogen and oxygen atoms in total. The van der Waals surface area contributed by atoms with Gasteiger partial charge in [0.25, 0.3) is 0 Å². The van der Waals surface area contributed by atoms with Gasteiger partial charge >= 0.3 is 0 Å². The fourth-order valence-electron chi connectivity index (χ4n) is 5.42.